The summed E-state index contributed by atoms with van der Waals surface area (Å²) >= 11 is 0. The van der Waals surface area contributed by atoms with Crippen LogP contribution in [0, 0.1) is 13.8 Å². The Labute approximate surface area is 208 Å². The lowest BCUT2D eigenvalue weighted by Gasteiger charge is -2.35. The van der Waals surface area contributed by atoms with Crippen molar-refractivity contribution in [1.29, 1.82) is 0 Å². The van der Waals surface area contributed by atoms with Gasteiger partial charge in [-0.2, -0.15) is 4.98 Å². The number of urea groups is 1. The molecule has 0 aliphatic carbocycles. The van der Waals surface area contributed by atoms with Crippen molar-refractivity contribution in [2.24, 2.45) is 0 Å². The third-order valence-corrected chi connectivity index (χ3v) is 6.65. The maximum atomic E-state index is 13.4. The summed E-state index contributed by atoms with van der Waals surface area (Å²) in [7, 11) is 0. The number of hydrogen-bond donors (Lipinski definition) is 1. The zero-order chi connectivity index (χ0) is 24.8. The van der Waals surface area contributed by atoms with Crippen LogP contribution in [-0.2, 0) is 0 Å². The van der Waals surface area contributed by atoms with Crippen molar-refractivity contribution < 1.29 is 18.8 Å². The van der Waals surface area contributed by atoms with Gasteiger partial charge in [0.25, 0.3) is 5.89 Å². The van der Waals surface area contributed by atoms with Crippen LogP contribution in [0.15, 0.2) is 77.0 Å². The van der Waals surface area contributed by atoms with E-state index in [-0.39, 0.29) is 12.8 Å². The van der Waals surface area contributed by atoms with Gasteiger partial charge < -0.3 is 19.3 Å². The minimum Gasteiger partial charge on any atom is -0.454 e. The van der Waals surface area contributed by atoms with Crippen molar-refractivity contribution in [2.75, 3.05) is 11.7 Å². The van der Waals surface area contributed by atoms with Crippen LogP contribution in [0.25, 0.3) is 17.0 Å². The van der Waals surface area contributed by atoms with Gasteiger partial charge >= 0.3 is 6.03 Å². The standard InChI is InChI=1S/C28H24N4O4/c1-16-9-11-21(13-17(16)2)32-18(3)24(25(29-28(32)33)19-7-5-4-6-8-19)27-30-26(31-36-27)20-10-12-22-23(14-20)35-15-34-22/h4-14,25H,15H2,1-3H3,(H,29,33). The van der Waals surface area contributed by atoms with Gasteiger partial charge in [0.1, 0.15) is 0 Å². The van der Waals surface area contributed by atoms with E-state index in [1.54, 1.807) is 4.90 Å². The quantitative estimate of drug-likeness (QED) is 0.398. The number of rotatable bonds is 4. The topological polar surface area (TPSA) is 89.7 Å². The van der Waals surface area contributed by atoms with Gasteiger partial charge in [-0.15, -0.1) is 0 Å². The molecule has 180 valence electrons. The molecule has 0 spiro atoms. The number of fused-ring (bicyclic) bond motifs is 1. The van der Waals surface area contributed by atoms with E-state index >= 15 is 0 Å². The summed E-state index contributed by atoms with van der Waals surface area (Å²) in [6.07, 6.45) is 0. The molecular formula is C28H24N4O4. The van der Waals surface area contributed by atoms with Crippen molar-refractivity contribution >= 4 is 17.3 Å². The highest BCUT2D eigenvalue weighted by molar-refractivity contribution is 6.01. The highest BCUT2D eigenvalue weighted by atomic mass is 16.7. The summed E-state index contributed by atoms with van der Waals surface area (Å²) in [4.78, 5) is 19.8. The second kappa shape index (κ2) is 8.57. The molecule has 1 atom stereocenters. The summed E-state index contributed by atoms with van der Waals surface area (Å²) < 4.78 is 16.7. The van der Waals surface area contributed by atoms with Gasteiger partial charge in [-0.05, 0) is 67.8 Å². The number of ether oxygens (including phenoxy) is 2. The van der Waals surface area contributed by atoms with E-state index in [4.69, 9.17) is 19.0 Å². The minimum absolute atomic E-state index is 0.190. The summed E-state index contributed by atoms with van der Waals surface area (Å²) in [5, 5.41) is 7.39. The Morgan fingerprint density at radius 2 is 1.72 bits per heavy atom. The van der Waals surface area contributed by atoms with Crippen LogP contribution in [-0.4, -0.2) is 23.0 Å². The number of amides is 2. The largest absolute Gasteiger partial charge is 0.454 e. The first-order valence-corrected chi connectivity index (χ1v) is 11.7. The predicted molar refractivity (Wildman–Crippen MR) is 135 cm³/mol. The van der Waals surface area contributed by atoms with Gasteiger partial charge in [-0.25, -0.2) is 4.79 Å². The van der Waals surface area contributed by atoms with Crippen molar-refractivity contribution in [1.82, 2.24) is 15.5 Å². The van der Waals surface area contributed by atoms with Crippen molar-refractivity contribution in [3.8, 4) is 22.9 Å². The van der Waals surface area contributed by atoms with Crippen LogP contribution >= 0.6 is 0 Å². The van der Waals surface area contributed by atoms with Gasteiger partial charge in [-0.1, -0.05) is 41.6 Å². The average molecular weight is 481 g/mol. The minimum atomic E-state index is -0.452. The number of aromatic nitrogens is 2. The van der Waals surface area contributed by atoms with E-state index in [2.05, 4.69) is 10.5 Å². The van der Waals surface area contributed by atoms with Crippen molar-refractivity contribution in [2.45, 2.75) is 26.8 Å². The number of carbonyl (C=O) groups is 1. The lowest BCUT2D eigenvalue weighted by molar-refractivity contribution is 0.174. The van der Waals surface area contributed by atoms with Crippen LogP contribution < -0.4 is 19.7 Å². The average Bonchev–Trinajstić information content (AvgIpc) is 3.56. The molecule has 2 amide bonds. The van der Waals surface area contributed by atoms with E-state index in [0.717, 1.165) is 39.2 Å². The Morgan fingerprint density at radius 1 is 0.917 bits per heavy atom. The van der Waals surface area contributed by atoms with Crippen LogP contribution in [0.4, 0.5) is 10.5 Å². The van der Waals surface area contributed by atoms with Gasteiger partial charge in [0, 0.05) is 11.3 Å². The second-order valence-corrected chi connectivity index (χ2v) is 8.89. The van der Waals surface area contributed by atoms with E-state index in [1.165, 1.54) is 0 Å². The first-order valence-electron chi connectivity index (χ1n) is 11.7. The fourth-order valence-electron chi connectivity index (χ4n) is 4.58. The molecule has 0 fully saturated rings. The number of aryl methyl sites for hydroxylation is 2. The number of nitrogens with one attached hydrogen (secondary N) is 1. The Bertz CT molecular complexity index is 1510. The molecule has 0 radical (unpaired) electrons. The van der Waals surface area contributed by atoms with Crippen LogP contribution in [0.5, 0.6) is 11.5 Å². The molecule has 6 rings (SSSR count). The first-order chi connectivity index (χ1) is 17.5. The lowest BCUT2D eigenvalue weighted by Crippen LogP contribution is -2.46. The van der Waals surface area contributed by atoms with Gasteiger partial charge in [0.05, 0.1) is 17.3 Å². The Morgan fingerprint density at radius 3 is 2.53 bits per heavy atom. The number of nitrogens with zero attached hydrogens (tertiary/aromatic N) is 3. The molecule has 0 saturated carbocycles. The molecule has 1 unspecified atom stereocenters. The molecule has 2 aliphatic rings. The highest BCUT2D eigenvalue weighted by Gasteiger charge is 2.36. The molecule has 3 aromatic carbocycles. The molecule has 0 bridgehead atoms. The number of benzene rings is 3. The monoisotopic (exact) mass is 480 g/mol. The van der Waals surface area contributed by atoms with E-state index in [1.807, 2.05) is 87.5 Å². The van der Waals surface area contributed by atoms with Gasteiger partial charge in [0.2, 0.25) is 12.6 Å². The van der Waals surface area contributed by atoms with E-state index in [0.29, 0.717) is 23.2 Å². The van der Waals surface area contributed by atoms with E-state index < -0.39 is 6.04 Å². The summed E-state index contributed by atoms with van der Waals surface area (Å²) in [5.74, 6) is 2.08. The summed E-state index contributed by atoms with van der Waals surface area (Å²) in [6.45, 7) is 6.17. The first kappa shape index (κ1) is 21.9. The van der Waals surface area contributed by atoms with Crippen LogP contribution in [0.1, 0.15) is 35.5 Å². The molecule has 8 heteroatoms. The Balaban J connectivity index is 1.47. The van der Waals surface area contributed by atoms with Crippen LogP contribution in [0.3, 0.4) is 0 Å². The number of hydrogen-bond acceptors (Lipinski definition) is 6. The summed E-state index contributed by atoms with van der Waals surface area (Å²) in [5.41, 5.74) is 6.15. The third-order valence-electron chi connectivity index (χ3n) is 6.65. The molecule has 1 N–H and O–H groups in total. The van der Waals surface area contributed by atoms with Crippen molar-refractivity contribution in [3.63, 3.8) is 0 Å². The number of anilines is 1. The molecule has 1 aromatic heterocycles. The summed E-state index contributed by atoms with van der Waals surface area (Å²) in [6, 6.07) is 20.6. The zero-order valence-corrected chi connectivity index (χ0v) is 20.1. The molecule has 3 heterocycles. The Hall–Kier alpha value is -4.59. The smallest absolute Gasteiger partial charge is 0.326 e. The Kier molecular flexibility index (Phi) is 5.21. The van der Waals surface area contributed by atoms with Crippen molar-refractivity contribution in [3.05, 3.63) is 95.0 Å². The normalized spacial score (nSPS) is 16.9. The number of allylic oxidation sites excluding steroid dienone is 1. The number of carbonyl (C=O) groups excluding carboxylic acids is 1. The molecule has 0 saturated heterocycles. The predicted octanol–water partition coefficient (Wildman–Crippen LogP) is 5.78. The fraction of sp³-hybridized carbons (Fsp3) is 0.179. The van der Waals surface area contributed by atoms with E-state index in [9.17, 15) is 4.79 Å². The fourth-order valence-corrected chi connectivity index (χ4v) is 4.58. The van der Waals surface area contributed by atoms with Gasteiger partial charge in [-0.3, -0.25) is 4.90 Å². The molecule has 2 aliphatic heterocycles. The van der Waals surface area contributed by atoms with Gasteiger partial charge in [0.15, 0.2) is 11.5 Å². The molecule has 4 aromatic rings. The molecule has 36 heavy (non-hydrogen) atoms. The zero-order valence-electron chi connectivity index (χ0n) is 20.1. The SMILES string of the molecule is CC1=C(c2nc(-c3ccc4c(c3)OCO4)no2)C(c2ccccc2)NC(=O)N1c1ccc(C)c(C)c1. The van der Waals surface area contributed by atoms with Crippen LogP contribution in [0.2, 0.25) is 0 Å². The maximum absolute atomic E-state index is 13.4. The molecular weight excluding hydrogens is 456 g/mol. The molecule has 8 nitrogen and oxygen atoms in total. The maximum Gasteiger partial charge on any atom is 0.326 e. The lowest BCUT2D eigenvalue weighted by atomic mass is 9.94. The second-order valence-electron chi connectivity index (χ2n) is 8.89. The highest BCUT2D eigenvalue weighted by Crippen LogP contribution is 2.40. The third kappa shape index (κ3) is 3.67.